The van der Waals surface area contributed by atoms with Crippen LogP contribution in [-0.4, -0.2) is 18.5 Å². The number of anilines is 1. The van der Waals surface area contributed by atoms with Gasteiger partial charge in [0.05, 0.1) is 6.42 Å². The normalized spacial score (nSPS) is 11.6. The van der Waals surface area contributed by atoms with Crippen molar-refractivity contribution in [2.24, 2.45) is 0 Å². The molecule has 1 atom stereocenters. The van der Waals surface area contributed by atoms with E-state index in [-0.39, 0.29) is 30.8 Å². The van der Waals surface area contributed by atoms with Crippen molar-refractivity contribution in [2.45, 2.75) is 33.1 Å². The summed E-state index contributed by atoms with van der Waals surface area (Å²) in [6, 6.07) is 15.6. The Labute approximate surface area is 142 Å². The predicted molar refractivity (Wildman–Crippen MR) is 95.0 cm³/mol. The molecule has 2 aromatic rings. The number of nitrogens with one attached hydrogen (secondary N) is 1. The highest BCUT2D eigenvalue weighted by Crippen LogP contribution is 2.19. The van der Waals surface area contributed by atoms with E-state index in [0.29, 0.717) is 0 Å². The van der Waals surface area contributed by atoms with E-state index in [2.05, 4.69) is 5.32 Å². The largest absolute Gasteiger partial charge is 0.456 e. The number of esters is 1. The lowest BCUT2D eigenvalue weighted by Gasteiger charge is -2.12. The number of aryl methyl sites for hydroxylation is 2. The van der Waals surface area contributed by atoms with Crippen molar-refractivity contribution in [1.82, 2.24) is 0 Å². The summed E-state index contributed by atoms with van der Waals surface area (Å²) < 4.78 is 5.09. The molecule has 0 aromatic heterocycles. The smallest absolute Gasteiger partial charge is 0.306 e. The second kappa shape index (κ2) is 8.29. The molecule has 0 unspecified atom stereocenters. The van der Waals surface area contributed by atoms with E-state index in [4.69, 9.17) is 4.74 Å². The number of amides is 1. The fourth-order valence-corrected chi connectivity index (χ4v) is 2.41. The van der Waals surface area contributed by atoms with Crippen molar-refractivity contribution >= 4 is 17.6 Å². The minimum Gasteiger partial charge on any atom is -0.456 e. The van der Waals surface area contributed by atoms with Gasteiger partial charge >= 0.3 is 5.97 Å². The highest BCUT2D eigenvalue weighted by Gasteiger charge is 2.14. The van der Waals surface area contributed by atoms with Crippen LogP contribution in [-0.2, 0) is 14.3 Å². The Balaban J connectivity index is 1.81. The molecule has 0 saturated heterocycles. The summed E-state index contributed by atoms with van der Waals surface area (Å²) in [5, 5.41) is 2.78. The fourth-order valence-electron chi connectivity index (χ4n) is 2.41. The zero-order valence-corrected chi connectivity index (χ0v) is 14.3. The van der Waals surface area contributed by atoms with Crippen LogP contribution in [0.15, 0.2) is 48.5 Å². The van der Waals surface area contributed by atoms with Crippen LogP contribution in [0.1, 0.15) is 36.0 Å². The molecular formula is C20H23NO3. The first kappa shape index (κ1) is 17.7. The van der Waals surface area contributed by atoms with E-state index in [0.717, 1.165) is 22.4 Å². The zero-order valence-electron chi connectivity index (χ0n) is 14.3. The third-order valence-corrected chi connectivity index (χ3v) is 3.87. The zero-order chi connectivity index (χ0) is 17.5. The van der Waals surface area contributed by atoms with Gasteiger partial charge in [-0.1, -0.05) is 49.4 Å². The minimum absolute atomic E-state index is 0.0563. The lowest BCUT2D eigenvalue weighted by atomic mass is 9.98. The van der Waals surface area contributed by atoms with Gasteiger partial charge < -0.3 is 10.1 Å². The Hall–Kier alpha value is -2.62. The number of carbonyl (C=O) groups is 2. The van der Waals surface area contributed by atoms with E-state index < -0.39 is 0 Å². The van der Waals surface area contributed by atoms with Gasteiger partial charge in [0.15, 0.2) is 6.61 Å². The molecule has 1 amide bonds. The Morgan fingerprint density at radius 2 is 1.79 bits per heavy atom. The van der Waals surface area contributed by atoms with Gasteiger partial charge in [-0.25, -0.2) is 0 Å². The van der Waals surface area contributed by atoms with Crippen molar-refractivity contribution in [3.05, 3.63) is 65.2 Å². The molecule has 0 spiro atoms. The highest BCUT2D eigenvalue weighted by atomic mass is 16.5. The molecule has 0 aliphatic carbocycles. The SMILES string of the molecule is Cc1ccc(C)c(NC(=O)COC(=O)C[C@H](C)c2ccccc2)c1. The van der Waals surface area contributed by atoms with Crippen LogP contribution < -0.4 is 5.32 Å². The van der Waals surface area contributed by atoms with Crippen LogP contribution in [0.4, 0.5) is 5.69 Å². The van der Waals surface area contributed by atoms with Crippen LogP contribution in [0.5, 0.6) is 0 Å². The Bertz CT molecular complexity index is 710. The van der Waals surface area contributed by atoms with Crippen LogP contribution in [0.25, 0.3) is 0 Å². The summed E-state index contributed by atoms with van der Waals surface area (Å²) in [7, 11) is 0. The van der Waals surface area contributed by atoms with Gasteiger partial charge in [0.2, 0.25) is 0 Å². The molecule has 4 heteroatoms. The third-order valence-electron chi connectivity index (χ3n) is 3.87. The number of hydrogen-bond acceptors (Lipinski definition) is 3. The van der Waals surface area contributed by atoms with Crippen LogP contribution in [0.2, 0.25) is 0 Å². The van der Waals surface area contributed by atoms with E-state index in [1.165, 1.54) is 0 Å². The molecule has 0 aliphatic heterocycles. The monoisotopic (exact) mass is 325 g/mol. The Kier molecular flexibility index (Phi) is 6.13. The van der Waals surface area contributed by atoms with E-state index in [9.17, 15) is 9.59 Å². The summed E-state index contributed by atoms with van der Waals surface area (Å²) >= 11 is 0. The van der Waals surface area contributed by atoms with Crippen LogP contribution in [0, 0.1) is 13.8 Å². The first-order valence-corrected chi connectivity index (χ1v) is 8.03. The van der Waals surface area contributed by atoms with Crippen molar-refractivity contribution in [1.29, 1.82) is 0 Å². The third kappa shape index (κ3) is 5.23. The second-order valence-electron chi connectivity index (χ2n) is 6.04. The molecule has 1 N–H and O–H groups in total. The molecule has 2 aromatic carbocycles. The molecule has 0 fully saturated rings. The molecule has 4 nitrogen and oxygen atoms in total. The van der Waals surface area contributed by atoms with Gasteiger partial charge in [-0.05, 0) is 42.5 Å². The molecule has 24 heavy (non-hydrogen) atoms. The maximum absolute atomic E-state index is 11.9. The van der Waals surface area contributed by atoms with Crippen molar-refractivity contribution < 1.29 is 14.3 Å². The maximum atomic E-state index is 11.9. The van der Waals surface area contributed by atoms with E-state index in [1.807, 2.05) is 69.3 Å². The molecule has 2 rings (SSSR count). The summed E-state index contributed by atoms with van der Waals surface area (Å²) in [5.41, 5.74) is 3.85. The second-order valence-corrected chi connectivity index (χ2v) is 6.04. The van der Waals surface area contributed by atoms with Gasteiger partial charge in [0, 0.05) is 5.69 Å². The van der Waals surface area contributed by atoms with Gasteiger partial charge in [-0.3, -0.25) is 9.59 Å². The number of rotatable bonds is 6. The van der Waals surface area contributed by atoms with Gasteiger partial charge in [-0.15, -0.1) is 0 Å². The average Bonchev–Trinajstić information content (AvgIpc) is 2.57. The molecular weight excluding hydrogens is 302 g/mol. The average molecular weight is 325 g/mol. The van der Waals surface area contributed by atoms with Gasteiger partial charge in [0.25, 0.3) is 5.91 Å². The first-order valence-electron chi connectivity index (χ1n) is 8.03. The van der Waals surface area contributed by atoms with Crippen molar-refractivity contribution in [2.75, 3.05) is 11.9 Å². The molecule has 0 aliphatic rings. The molecule has 0 radical (unpaired) electrons. The number of hydrogen-bond donors (Lipinski definition) is 1. The fraction of sp³-hybridized carbons (Fsp3) is 0.300. The summed E-state index contributed by atoms with van der Waals surface area (Å²) in [6.07, 6.45) is 0.251. The summed E-state index contributed by atoms with van der Waals surface area (Å²) in [4.78, 5) is 23.9. The van der Waals surface area contributed by atoms with Gasteiger partial charge in [-0.2, -0.15) is 0 Å². The van der Waals surface area contributed by atoms with Crippen molar-refractivity contribution in [3.63, 3.8) is 0 Å². The number of carbonyl (C=O) groups excluding carboxylic acids is 2. The standard InChI is InChI=1S/C20H23NO3/c1-14-9-10-15(2)18(11-14)21-19(22)13-24-20(23)12-16(3)17-7-5-4-6-8-17/h4-11,16H,12-13H2,1-3H3,(H,21,22)/t16-/m0/s1. The van der Waals surface area contributed by atoms with Crippen LogP contribution >= 0.6 is 0 Å². The molecule has 0 saturated carbocycles. The lowest BCUT2D eigenvalue weighted by molar-refractivity contribution is -0.147. The lowest BCUT2D eigenvalue weighted by Crippen LogP contribution is -2.22. The predicted octanol–water partition coefficient (Wildman–Crippen LogP) is 3.98. The number of ether oxygens (including phenoxy) is 1. The maximum Gasteiger partial charge on any atom is 0.306 e. The van der Waals surface area contributed by atoms with Crippen LogP contribution in [0.3, 0.4) is 0 Å². The molecule has 0 bridgehead atoms. The Morgan fingerprint density at radius 1 is 1.08 bits per heavy atom. The van der Waals surface area contributed by atoms with Crippen molar-refractivity contribution in [3.8, 4) is 0 Å². The van der Waals surface area contributed by atoms with Gasteiger partial charge in [0.1, 0.15) is 0 Å². The highest BCUT2D eigenvalue weighted by molar-refractivity contribution is 5.93. The molecule has 126 valence electrons. The van der Waals surface area contributed by atoms with E-state index in [1.54, 1.807) is 0 Å². The van der Waals surface area contributed by atoms with E-state index >= 15 is 0 Å². The summed E-state index contributed by atoms with van der Waals surface area (Å²) in [5.74, 6) is -0.646. The topological polar surface area (TPSA) is 55.4 Å². The summed E-state index contributed by atoms with van der Waals surface area (Å²) in [6.45, 7) is 5.57. The minimum atomic E-state index is -0.373. The first-order chi connectivity index (χ1) is 11.5. The number of benzene rings is 2. The quantitative estimate of drug-likeness (QED) is 0.817. The molecule has 0 heterocycles. The Morgan fingerprint density at radius 3 is 2.50 bits per heavy atom.